The summed E-state index contributed by atoms with van der Waals surface area (Å²) in [5, 5.41) is 0. The van der Waals surface area contributed by atoms with Gasteiger partial charge in [-0.25, -0.2) is 8.78 Å². The van der Waals surface area contributed by atoms with Crippen molar-refractivity contribution in [2.24, 2.45) is 5.73 Å². The molecule has 2 rings (SSSR count). The summed E-state index contributed by atoms with van der Waals surface area (Å²) in [7, 11) is 1.95. The zero-order chi connectivity index (χ0) is 11.0. The third kappa shape index (κ3) is 2.01. The van der Waals surface area contributed by atoms with Crippen molar-refractivity contribution in [3.05, 3.63) is 35.4 Å². The molecule has 1 aromatic carbocycles. The van der Waals surface area contributed by atoms with Crippen molar-refractivity contribution in [1.82, 2.24) is 4.90 Å². The number of hydrogen-bond donors (Lipinski definition) is 1. The molecule has 1 fully saturated rings. The Kier molecular flexibility index (Phi) is 2.71. The van der Waals surface area contributed by atoms with Crippen LogP contribution in [0.4, 0.5) is 8.78 Å². The zero-order valence-electron chi connectivity index (χ0n) is 8.58. The van der Waals surface area contributed by atoms with Gasteiger partial charge < -0.3 is 10.6 Å². The normalized spacial score (nSPS) is 27.2. The van der Waals surface area contributed by atoms with Crippen LogP contribution in [0.2, 0.25) is 0 Å². The fourth-order valence-electron chi connectivity index (χ4n) is 2.16. The minimum atomic E-state index is -0.545. The molecule has 1 heterocycles. The van der Waals surface area contributed by atoms with Crippen molar-refractivity contribution in [2.75, 3.05) is 20.1 Å². The monoisotopic (exact) mass is 212 g/mol. The van der Waals surface area contributed by atoms with Crippen molar-refractivity contribution in [3.63, 3.8) is 0 Å². The lowest BCUT2D eigenvalue weighted by Gasteiger charge is -2.15. The van der Waals surface area contributed by atoms with Gasteiger partial charge in [0.05, 0.1) is 0 Å². The smallest absolute Gasteiger partial charge is 0.129 e. The van der Waals surface area contributed by atoms with Crippen molar-refractivity contribution < 1.29 is 8.78 Å². The molecule has 82 valence electrons. The average molecular weight is 212 g/mol. The average Bonchev–Trinajstić information content (AvgIpc) is 2.45. The lowest BCUT2D eigenvalue weighted by Crippen LogP contribution is -2.28. The quantitative estimate of drug-likeness (QED) is 0.760. The summed E-state index contributed by atoms with van der Waals surface area (Å²) in [5.74, 6) is -1.07. The standard InChI is InChI=1S/C11H14F2N2/c1-15-5-9(11(14)6-15)8-3-2-7(12)4-10(8)13/h2-4,9,11H,5-6,14H2,1H3. The Bertz CT molecular complexity index is 368. The van der Waals surface area contributed by atoms with Crippen LogP contribution in [-0.4, -0.2) is 31.1 Å². The summed E-state index contributed by atoms with van der Waals surface area (Å²) < 4.78 is 26.2. The van der Waals surface area contributed by atoms with Gasteiger partial charge in [-0.05, 0) is 18.7 Å². The molecule has 2 unspecified atom stereocenters. The van der Waals surface area contributed by atoms with Crippen molar-refractivity contribution in [2.45, 2.75) is 12.0 Å². The van der Waals surface area contributed by atoms with Crippen molar-refractivity contribution in [1.29, 1.82) is 0 Å². The van der Waals surface area contributed by atoms with E-state index in [1.54, 1.807) is 0 Å². The summed E-state index contributed by atoms with van der Waals surface area (Å²) in [4.78, 5) is 2.05. The summed E-state index contributed by atoms with van der Waals surface area (Å²) in [6.45, 7) is 1.48. The Balaban J connectivity index is 2.29. The second-order valence-electron chi connectivity index (χ2n) is 4.16. The highest BCUT2D eigenvalue weighted by molar-refractivity contribution is 5.26. The molecule has 15 heavy (non-hydrogen) atoms. The van der Waals surface area contributed by atoms with Gasteiger partial charge in [-0.2, -0.15) is 0 Å². The maximum absolute atomic E-state index is 13.5. The number of benzene rings is 1. The molecule has 2 N–H and O–H groups in total. The van der Waals surface area contributed by atoms with E-state index in [2.05, 4.69) is 4.90 Å². The van der Waals surface area contributed by atoms with Crippen molar-refractivity contribution >= 4 is 0 Å². The topological polar surface area (TPSA) is 29.3 Å². The molecular formula is C11H14F2N2. The number of hydrogen-bond acceptors (Lipinski definition) is 2. The molecule has 0 aliphatic carbocycles. The highest BCUT2D eigenvalue weighted by Crippen LogP contribution is 2.27. The van der Waals surface area contributed by atoms with Crippen LogP contribution in [0.15, 0.2) is 18.2 Å². The second kappa shape index (κ2) is 3.87. The highest BCUT2D eigenvalue weighted by Gasteiger charge is 2.30. The molecule has 0 spiro atoms. The van der Waals surface area contributed by atoms with E-state index in [4.69, 9.17) is 5.73 Å². The number of nitrogens with zero attached hydrogens (tertiary/aromatic N) is 1. The molecule has 0 amide bonds. The van der Waals surface area contributed by atoms with Crippen LogP contribution in [0.5, 0.6) is 0 Å². The van der Waals surface area contributed by atoms with E-state index in [-0.39, 0.29) is 12.0 Å². The lowest BCUT2D eigenvalue weighted by atomic mass is 9.94. The van der Waals surface area contributed by atoms with Gasteiger partial charge in [0.25, 0.3) is 0 Å². The van der Waals surface area contributed by atoms with Crippen LogP contribution < -0.4 is 5.73 Å². The Morgan fingerprint density at radius 3 is 2.60 bits per heavy atom. The molecule has 0 radical (unpaired) electrons. The van der Waals surface area contributed by atoms with Gasteiger partial charge in [-0.3, -0.25) is 0 Å². The maximum atomic E-state index is 13.5. The first-order valence-corrected chi connectivity index (χ1v) is 4.97. The predicted octanol–water partition coefficient (Wildman–Crippen LogP) is 1.32. The summed E-state index contributed by atoms with van der Waals surface area (Å²) in [6, 6.07) is 3.62. The van der Waals surface area contributed by atoms with Crippen LogP contribution in [0.25, 0.3) is 0 Å². The molecule has 1 aliphatic rings. The molecule has 0 aromatic heterocycles. The van der Waals surface area contributed by atoms with Crippen LogP contribution in [0, 0.1) is 11.6 Å². The molecule has 1 saturated heterocycles. The van der Waals surface area contributed by atoms with E-state index in [9.17, 15) is 8.78 Å². The minimum absolute atomic E-state index is 0.0319. The van der Waals surface area contributed by atoms with E-state index in [1.807, 2.05) is 7.05 Å². The Morgan fingerprint density at radius 2 is 2.07 bits per heavy atom. The number of halogens is 2. The molecule has 0 bridgehead atoms. The molecule has 4 heteroatoms. The molecule has 1 aliphatic heterocycles. The first-order valence-electron chi connectivity index (χ1n) is 4.97. The van der Waals surface area contributed by atoms with Gasteiger partial charge in [0.2, 0.25) is 0 Å². The predicted molar refractivity (Wildman–Crippen MR) is 54.6 cm³/mol. The molecule has 2 nitrogen and oxygen atoms in total. The fourth-order valence-corrected chi connectivity index (χ4v) is 2.16. The highest BCUT2D eigenvalue weighted by atomic mass is 19.1. The molecule has 1 aromatic rings. The number of likely N-dealkylation sites (tertiary alicyclic amines) is 1. The SMILES string of the molecule is CN1CC(N)C(c2ccc(F)cc2F)C1. The minimum Gasteiger partial charge on any atom is -0.326 e. The van der Waals surface area contributed by atoms with Gasteiger partial charge in [-0.15, -0.1) is 0 Å². The second-order valence-corrected chi connectivity index (χ2v) is 4.16. The summed E-state index contributed by atoms with van der Waals surface area (Å²) >= 11 is 0. The van der Waals surface area contributed by atoms with E-state index in [0.29, 0.717) is 5.56 Å². The third-order valence-corrected chi connectivity index (χ3v) is 2.91. The van der Waals surface area contributed by atoms with E-state index >= 15 is 0 Å². The van der Waals surface area contributed by atoms with Crippen LogP contribution in [-0.2, 0) is 0 Å². The van der Waals surface area contributed by atoms with Crippen LogP contribution >= 0.6 is 0 Å². The summed E-state index contributed by atoms with van der Waals surface area (Å²) in [6.07, 6.45) is 0. The summed E-state index contributed by atoms with van der Waals surface area (Å²) in [5.41, 5.74) is 6.43. The molecule has 2 atom stereocenters. The number of nitrogens with two attached hydrogens (primary N) is 1. The van der Waals surface area contributed by atoms with E-state index in [1.165, 1.54) is 12.1 Å². The third-order valence-electron chi connectivity index (χ3n) is 2.91. The van der Waals surface area contributed by atoms with Gasteiger partial charge in [-0.1, -0.05) is 6.07 Å². The Hall–Kier alpha value is -1.00. The van der Waals surface area contributed by atoms with Crippen LogP contribution in [0.1, 0.15) is 11.5 Å². The first kappa shape index (κ1) is 10.5. The molecule has 0 saturated carbocycles. The van der Waals surface area contributed by atoms with Gasteiger partial charge in [0, 0.05) is 31.1 Å². The van der Waals surface area contributed by atoms with Crippen molar-refractivity contribution in [3.8, 4) is 0 Å². The van der Waals surface area contributed by atoms with E-state index < -0.39 is 11.6 Å². The van der Waals surface area contributed by atoms with Gasteiger partial charge in [0.15, 0.2) is 0 Å². The Labute approximate surface area is 87.7 Å². The largest absolute Gasteiger partial charge is 0.326 e. The number of likely N-dealkylation sites (N-methyl/N-ethyl adjacent to an activating group) is 1. The van der Waals surface area contributed by atoms with Gasteiger partial charge >= 0.3 is 0 Å². The van der Waals surface area contributed by atoms with Crippen LogP contribution in [0.3, 0.4) is 0 Å². The maximum Gasteiger partial charge on any atom is 0.129 e. The zero-order valence-corrected chi connectivity index (χ0v) is 8.58. The van der Waals surface area contributed by atoms with E-state index in [0.717, 1.165) is 19.2 Å². The fraction of sp³-hybridized carbons (Fsp3) is 0.455. The molecular weight excluding hydrogens is 198 g/mol. The lowest BCUT2D eigenvalue weighted by molar-refractivity contribution is 0.406. The Morgan fingerprint density at radius 1 is 1.33 bits per heavy atom. The number of rotatable bonds is 1. The van der Waals surface area contributed by atoms with Gasteiger partial charge in [0.1, 0.15) is 11.6 Å². The first-order chi connectivity index (χ1) is 7.08.